The van der Waals surface area contributed by atoms with E-state index in [-0.39, 0.29) is 6.61 Å². The third kappa shape index (κ3) is 3.68. The van der Waals surface area contributed by atoms with Crippen LogP contribution in [-0.2, 0) is 9.47 Å². The summed E-state index contributed by atoms with van der Waals surface area (Å²) in [5.74, 6) is 0. The Morgan fingerprint density at radius 1 is 1.60 bits per heavy atom. The van der Waals surface area contributed by atoms with E-state index in [2.05, 4.69) is 5.32 Å². The molecule has 1 rings (SSSR count). The zero-order valence-electron chi connectivity index (χ0n) is 9.66. The summed E-state index contributed by atoms with van der Waals surface area (Å²) in [6, 6.07) is -0.410. The number of aliphatic hydroxyl groups is 1. The van der Waals surface area contributed by atoms with Gasteiger partial charge in [0.2, 0.25) is 0 Å². The highest BCUT2D eigenvalue weighted by Gasteiger charge is 2.39. The zero-order chi connectivity index (χ0) is 11.7. The van der Waals surface area contributed by atoms with Gasteiger partial charge in [-0.05, 0) is 27.7 Å². The maximum Gasteiger partial charge on any atom is 0.408 e. The normalized spacial score (nSPS) is 31.4. The van der Waals surface area contributed by atoms with Gasteiger partial charge in [0.1, 0.15) is 11.2 Å². The standard InChI is InChI=1S/C10H19NO4/c1-9(2,3)15-8(12)11-7-5-14-6-10(7,4)13/h7,13H,5-6H2,1-4H3,(H,11,12)/t7-,10-/m1/s1. The highest BCUT2D eigenvalue weighted by Crippen LogP contribution is 2.18. The number of carbonyl (C=O) groups is 1. The molecule has 1 aliphatic rings. The second-order valence-electron chi connectivity index (χ2n) is 5.07. The summed E-state index contributed by atoms with van der Waals surface area (Å²) in [6.07, 6.45) is -0.529. The first-order valence-corrected chi connectivity index (χ1v) is 5.00. The lowest BCUT2D eigenvalue weighted by atomic mass is 10.0. The van der Waals surface area contributed by atoms with Crippen molar-refractivity contribution in [3.63, 3.8) is 0 Å². The van der Waals surface area contributed by atoms with Gasteiger partial charge in [-0.2, -0.15) is 0 Å². The van der Waals surface area contributed by atoms with E-state index >= 15 is 0 Å². The first-order chi connectivity index (χ1) is 6.71. The van der Waals surface area contributed by atoms with Gasteiger partial charge in [0, 0.05) is 0 Å². The number of carbonyl (C=O) groups excluding carboxylic acids is 1. The number of nitrogens with one attached hydrogen (secondary N) is 1. The molecule has 0 aliphatic carbocycles. The fourth-order valence-electron chi connectivity index (χ4n) is 1.31. The highest BCUT2D eigenvalue weighted by molar-refractivity contribution is 5.68. The molecule has 1 aliphatic heterocycles. The van der Waals surface area contributed by atoms with E-state index in [4.69, 9.17) is 9.47 Å². The summed E-state index contributed by atoms with van der Waals surface area (Å²) in [7, 11) is 0. The van der Waals surface area contributed by atoms with E-state index in [1.54, 1.807) is 27.7 Å². The lowest BCUT2D eigenvalue weighted by Crippen LogP contribution is -2.51. The van der Waals surface area contributed by atoms with Crippen LogP contribution in [0.15, 0.2) is 0 Å². The van der Waals surface area contributed by atoms with Crippen molar-refractivity contribution in [1.29, 1.82) is 0 Å². The number of rotatable bonds is 1. The third-order valence-electron chi connectivity index (χ3n) is 2.12. The van der Waals surface area contributed by atoms with Crippen molar-refractivity contribution in [2.24, 2.45) is 0 Å². The number of alkyl carbamates (subject to hydrolysis) is 1. The molecule has 5 nitrogen and oxygen atoms in total. The van der Waals surface area contributed by atoms with E-state index in [9.17, 15) is 9.90 Å². The molecule has 1 amide bonds. The molecular weight excluding hydrogens is 198 g/mol. The molecule has 0 bridgehead atoms. The van der Waals surface area contributed by atoms with Gasteiger partial charge in [0.05, 0.1) is 19.3 Å². The number of hydrogen-bond acceptors (Lipinski definition) is 4. The Kier molecular flexibility index (Phi) is 3.25. The Balaban J connectivity index is 2.45. The van der Waals surface area contributed by atoms with E-state index in [0.29, 0.717) is 6.61 Å². The predicted octanol–water partition coefficient (Wildman–Crippen LogP) is 0.661. The first kappa shape index (κ1) is 12.3. The molecule has 0 aromatic rings. The predicted molar refractivity (Wildman–Crippen MR) is 54.6 cm³/mol. The molecule has 1 heterocycles. The van der Waals surface area contributed by atoms with Gasteiger partial charge >= 0.3 is 6.09 Å². The number of amides is 1. The topological polar surface area (TPSA) is 67.8 Å². The SMILES string of the molecule is CC(C)(C)OC(=O)N[C@@H]1COC[C@@]1(C)O. The van der Waals surface area contributed by atoms with Crippen LogP contribution in [0.4, 0.5) is 4.79 Å². The minimum absolute atomic E-state index is 0.230. The summed E-state index contributed by atoms with van der Waals surface area (Å²) >= 11 is 0. The van der Waals surface area contributed by atoms with E-state index in [1.807, 2.05) is 0 Å². The molecule has 15 heavy (non-hydrogen) atoms. The summed E-state index contributed by atoms with van der Waals surface area (Å²) in [6.45, 7) is 7.53. The Morgan fingerprint density at radius 3 is 2.60 bits per heavy atom. The van der Waals surface area contributed by atoms with E-state index < -0.39 is 23.3 Å². The average molecular weight is 217 g/mol. The maximum absolute atomic E-state index is 11.4. The highest BCUT2D eigenvalue weighted by atomic mass is 16.6. The van der Waals surface area contributed by atoms with Crippen LogP contribution >= 0.6 is 0 Å². The Hall–Kier alpha value is -0.810. The molecular formula is C10H19NO4. The molecule has 0 radical (unpaired) electrons. The van der Waals surface area contributed by atoms with Gasteiger partial charge in [0.25, 0.3) is 0 Å². The lowest BCUT2D eigenvalue weighted by Gasteiger charge is -2.26. The Morgan fingerprint density at radius 2 is 2.20 bits per heavy atom. The quantitative estimate of drug-likeness (QED) is 0.677. The molecule has 0 aromatic heterocycles. The largest absolute Gasteiger partial charge is 0.444 e. The molecule has 2 N–H and O–H groups in total. The van der Waals surface area contributed by atoms with Crippen LogP contribution in [0.1, 0.15) is 27.7 Å². The average Bonchev–Trinajstić information content (AvgIpc) is 2.26. The summed E-state index contributed by atoms with van der Waals surface area (Å²) < 4.78 is 10.2. The fraction of sp³-hybridized carbons (Fsp3) is 0.900. The molecule has 0 aromatic carbocycles. The second-order valence-corrected chi connectivity index (χ2v) is 5.07. The van der Waals surface area contributed by atoms with Crippen molar-refractivity contribution in [2.75, 3.05) is 13.2 Å². The second kappa shape index (κ2) is 3.98. The van der Waals surface area contributed by atoms with Crippen LogP contribution in [-0.4, -0.2) is 41.7 Å². The zero-order valence-corrected chi connectivity index (χ0v) is 9.66. The van der Waals surface area contributed by atoms with Crippen LogP contribution in [0.5, 0.6) is 0 Å². The molecule has 0 unspecified atom stereocenters. The molecule has 1 fully saturated rings. The molecule has 88 valence electrons. The van der Waals surface area contributed by atoms with Crippen molar-refractivity contribution >= 4 is 6.09 Å². The van der Waals surface area contributed by atoms with E-state index in [0.717, 1.165) is 0 Å². The fourth-order valence-corrected chi connectivity index (χ4v) is 1.31. The molecule has 2 atom stereocenters. The Bertz CT molecular complexity index is 244. The van der Waals surface area contributed by atoms with Gasteiger partial charge in [-0.1, -0.05) is 0 Å². The molecule has 0 saturated carbocycles. The number of ether oxygens (including phenoxy) is 2. The monoisotopic (exact) mass is 217 g/mol. The molecule has 1 saturated heterocycles. The van der Waals surface area contributed by atoms with Crippen LogP contribution in [0.25, 0.3) is 0 Å². The minimum Gasteiger partial charge on any atom is -0.444 e. The van der Waals surface area contributed by atoms with Gasteiger partial charge in [-0.15, -0.1) is 0 Å². The van der Waals surface area contributed by atoms with Gasteiger partial charge < -0.3 is 19.9 Å². The van der Waals surface area contributed by atoms with Crippen LogP contribution in [0.3, 0.4) is 0 Å². The first-order valence-electron chi connectivity index (χ1n) is 5.00. The van der Waals surface area contributed by atoms with E-state index in [1.165, 1.54) is 0 Å². The van der Waals surface area contributed by atoms with Crippen LogP contribution < -0.4 is 5.32 Å². The summed E-state index contributed by atoms with van der Waals surface area (Å²) in [4.78, 5) is 11.4. The van der Waals surface area contributed by atoms with Crippen molar-refractivity contribution in [1.82, 2.24) is 5.32 Å². The lowest BCUT2D eigenvalue weighted by molar-refractivity contribution is 0.0183. The summed E-state index contributed by atoms with van der Waals surface area (Å²) in [5.41, 5.74) is -1.55. The Labute approximate surface area is 89.8 Å². The smallest absolute Gasteiger partial charge is 0.408 e. The van der Waals surface area contributed by atoms with Crippen LogP contribution in [0.2, 0.25) is 0 Å². The van der Waals surface area contributed by atoms with Crippen molar-refractivity contribution in [3.8, 4) is 0 Å². The van der Waals surface area contributed by atoms with Gasteiger partial charge in [-0.25, -0.2) is 4.79 Å². The summed E-state index contributed by atoms with van der Waals surface area (Å²) in [5, 5.41) is 12.4. The minimum atomic E-state index is -1.02. The van der Waals surface area contributed by atoms with Gasteiger partial charge in [0.15, 0.2) is 0 Å². The third-order valence-corrected chi connectivity index (χ3v) is 2.12. The molecule has 0 spiro atoms. The van der Waals surface area contributed by atoms with Crippen LogP contribution in [0, 0.1) is 0 Å². The van der Waals surface area contributed by atoms with Crippen molar-refractivity contribution in [3.05, 3.63) is 0 Å². The maximum atomic E-state index is 11.4. The van der Waals surface area contributed by atoms with Crippen molar-refractivity contribution < 1.29 is 19.4 Å². The van der Waals surface area contributed by atoms with Crippen molar-refractivity contribution in [2.45, 2.75) is 44.9 Å². The molecule has 5 heteroatoms. The van der Waals surface area contributed by atoms with Gasteiger partial charge in [-0.3, -0.25) is 0 Å². The number of hydrogen-bond donors (Lipinski definition) is 2.